The molecule has 2 heterocycles. The molecule has 0 aliphatic heterocycles. The van der Waals surface area contributed by atoms with Crippen LogP contribution in [0.25, 0.3) is 11.3 Å². The van der Waals surface area contributed by atoms with Gasteiger partial charge in [-0.3, -0.25) is 9.78 Å². The molecule has 0 fully saturated rings. The Bertz CT molecular complexity index is 824. The number of anilines is 1. The van der Waals surface area contributed by atoms with Gasteiger partial charge in [0.2, 0.25) is 5.91 Å². The van der Waals surface area contributed by atoms with Gasteiger partial charge in [0.05, 0.1) is 18.1 Å². The zero-order valence-electron chi connectivity index (χ0n) is 14.4. The molecule has 0 unspecified atom stereocenters. The third-order valence-electron chi connectivity index (χ3n) is 3.93. The Balaban J connectivity index is 1.57. The third-order valence-corrected chi connectivity index (χ3v) is 3.93. The molecule has 5 heteroatoms. The second-order valence-electron chi connectivity index (χ2n) is 6.18. The lowest BCUT2D eigenvalue weighted by Gasteiger charge is -2.05. The standard InChI is InChI=1S/C20H21N3O2/c1-14(2)15-5-7-16(8-6-15)18-13-22-20(25-18)10-9-19(24)23-17-4-3-11-21-12-17/h3-8,11-14H,9-10H2,1-2H3,(H,23,24). The Morgan fingerprint density at radius 1 is 1.16 bits per heavy atom. The maximum atomic E-state index is 12.0. The van der Waals surface area contributed by atoms with E-state index in [1.807, 2.05) is 12.1 Å². The first kappa shape index (κ1) is 16.9. The van der Waals surface area contributed by atoms with E-state index in [1.165, 1.54) is 5.56 Å². The highest BCUT2D eigenvalue weighted by Gasteiger charge is 2.10. The highest BCUT2D eigenvalue weighted by atomic mass is 16.4. The molecule has 0 saturated carbocycles. The van der Waals surface area contributed by atoms with Crippen LogP contribution in [0.3, 0.4) is 0 Å². The van der Waals surface area contributed by atoms with Gasteiger partial charge in [0, 0.05) is 24.6 Å². The smallest absolute Gasteiger partial charge is 0.224 e. The Morgan fingerprint density at radius 3 is 2.64 bits per heavy atom. The van der Waals surface area contributed by atoms with E-state index in [-0.39, 0.29) is 5.91 Å². The highest BCUT2D eigenvalue weighted by Crippen LogP contribution is 2.23. The fourth-order valence-corrected chi connectivity index (χ4v) is 2.47. The van der Waals surface area contributed by atoms with E-state index in [0.717, 1.165) is 11.3 Å². The molecule has 2 aromatic heterocycles. The number of rotatable bonds is 6. The van der Waals surface area contributed by atoms with Crippen molar-refractivity contribution in [3.63, 3.8) is 0 Å². The highest BCUT2D eigenvalue weighted by molar-refractivity contribution is 5.90. The molecule has 0 radical (unpaired) electrons. The van der Waals surface area contributed by atoms with Crippen LogP contribution < -0.4 is 5.32 Å². The number of pyridine rings is 1. The largest absolute Gasteiger partial charge is 0.441 e. The minimum Gasteiger partial charge on any atom is -0.441 e. The minimum absolute atomic E-state index is 0.0889. The van der Waals surface area contributed by atoms with Gasteiger partial charge in [-0.25, -0.2) is 4.98 Å². The predicted octanol–water partition coefficient (Wildman–Crippen LogP) is 4.43. The summed E-state index contributed by atoms with van der Waals surface area (Å²) in [7, 11) is 0. The molecule has 0 aliphatic carbocycles. The van der Waals surface area contributed by atoms with Crippen molar-refractivity contribution < 1.29 is 9.21 Å². The van der Waals surface area contributed by atoms with Crippen molar-refractivity contribution in [3.05, 3.63) is 66.4 Å². The van der Waals surface area contributed by atoms with Gasteiger partial charge in [-0.2, -0.15) is 0 Å². The van der Waals surface area contributed by atoms with Crippen LogP contribution in [-0.4, -0.2) is 15.9 Å². The van der Waals surface area contributed by atoms with Crippen molar-refractivity contribution in [3.8, 4) is 11.3 Å². The summed E-state index contributed by atoms with van der Waals surface area (Å²) in [6.45, 7) is 4.33. The van der Waals surface area contributed by atoms with Crippen LogP contribution in [0.1, 0.15) is 37.6 Å². The lowest BCUT2D eigenvalue weighted by molar-refractivity contribution is -0.116. The van der Waals surface area contributed by atoms with Crippen molar-refractivity contribution in [1.29, 1.82) is 0 Å². The molecular formula is C20H21N3O2. The lowest BCUT2D eigenvalue weighted by Crippen LogP contribution is -2.12. The summed E-state index contributed by atoms with van der Waals surface area (Å²) >= 11 is 0. The first-order valence-corrected chi connectivity index (χ1v) is 8.37. The molecule has 5 nitrogen and oxygen atoms in total. The molecule has 128 valence electrons. The van der Waals surface area contributed by atoms with Crippen LogP contribution in [0.4, 0.5) is 5.69 Å². The fraction of sp³-hybridized carbons (Fsp3) is 0.250. The number of aromatic nitrogens is 2. The SMILES string of the molecule is CC(C)c1ccc(-c2cnc(CCC(=O)Nc3cccnc3)o2)cc1. The second-order valence-corrected chi connectivity index (χ2v) is 6.18. The normalized spacial score (nSPS) is 10.8. The monoisotopic (exact) mass is 335 g/mol. The molecule has 1 amide bonds. The zero-order valence-corrected chi connectivity index (χ0v) is 14.4. The van der Waals surface area contributed by atoms with Crippen molar-refractivity contribution >= 4 is 11.6 Å². The van der Waals surface area contributed by atoms with E-state index >= 15 is 0 Å². The van der Waals surface area contributed by atoms with Gasteiger partial charge in [0.25, 0.3) is 0 Å². The maximum Gasteiger partial charge on any atom is 0.224 e. The van der Waals surface area contributed by atoms with E-state index < -0.39 is 0 Å². The number of benzene rings is 1. The van der Waals surface area contributed by atoms with Crippen molar-refractivity contribution in [1.82, 2.24) is 9.97 Å². The van der Waals surface area contributed by atoms with Gasteiger partial charge in [-0.1, -0.05) is 38.1 Å². The topological polar surface area (TPSA) is 68.0 Å². The second kappa shape index (κ2) is 7.75. The molecule has 0 atom stereocenters. The number of carbonyl (C=O) groups excluding carboxylic acids is 1. The molecule has 3 rings (SSSR count). The van der Waals surface area contributed by atoms with Crippen LogP contribution in [-0.2, 0) is 11.2 Å². The third kappa shape index (κ3) is 4.53. The fourth-order valence-electron chi connectivity index (χ4n) is 2.47. The van der Waals surface area contributed by atoms with Gasteiger partial charge in [0.1, 0.15) is 0 Å². The van der Waals surface area contributed by atoms with Crippen LogP contribution in [0, 0.1) is 0 Å². The molecule has 25 heavy (non-hydrogen) atoms. The number of nitrogens with one attached hydrogen (secondary N) is 1. The van der Waals surface area contributed by atoms with Gasteiger partial charge >= 0.3 is 0 Å². The summed E-state index contributed by atoms with van der Waals surface area (Å²) in [5, 5.41) is 2.80. The summed E-state index contributed by atoms with van der Waals surface area (Å²) in [6.07, 6.45) is 5.75. The van der Waals surface area contributed by atoms with E-state index in [1.54, 1.807) is 30.7 Å². The summed E-state index contributed by atoms with van der Waals surface area (Å²) in [6, 6.07) is 11.9. The van der Waals surface area contributed by atoms with Crippen molar-refractivity contribution in [2.45, 2.75) is 32.6 Å². The van der Waals surface area contributed by atoms with E-state index in [4.69, 9.17) is 4.42 Å². The molecule has 3 aromatic rings. The van der Waals surface area contributed by atoms with Gasteiger partial charge in [0.15, 0.2) is 11.7 Å². The quantitative estimate of drug-likeness (QED) is 0.723. The number of oxazole rings is 1. The minimum atomic E-state index is -0.0889. The average molecular weight is 335 g/mol. The van der Waals surface area contributed by atoms with Crippen LogP contribution in [0.5, 0.6) is 0 Å². The van der Waals surface area contributed by atoms with Gasteiger partial charge in [-0.15, -0.1) is 0 Å². The maximum absolute atomic E-state index is 12.0. The number of carbonyl (C=O) groups is 1. The number of hydrogen-bond acceptors (Lipinski definition) is 4. The number of nitrogens with zero attached hydrogens (tertiary/aromatic N) is 2. The molecule has 0 spiro atoms. The molecular weight excluding hydrogens is 314 g/mol. The number of aryl methyl sites for hydroxylation is 1. The Hall–Kier alpha value is -2.95. The van der Waals surface area contributed by atoms with E-state index in [0.29, 0.717) is 30.3 Å². The van der Waals surface area contributed by atoms with Gasteiger partial charge in [-0.05, 0) is 23.6 Å². The van der Waals surface area contributed by atoms with E-state index in [9.17, 15) is 4.79 Å². The van der Waals surface area contributed by atoms with Crippen molar-refractivity contribution in [2.75, 3.05) is 5.32 Å². The molecule has 0 bridgehead atoms. The van der Waals surface area contributed by atoms with Crippen LogP contribution in [0.2, 0.25) is 0 Å². The Morgan fingerprint density at radius 2 is 1.96 bits per heavy atom. The molecule has 1 aromatic carbocycles. The molecule has 0 saturated heterocycles. The molecule has 1 N–H and O–H groups in total. The first-order valence-electron chi connectivity index (χ1n) is 8.37. The number of hydrogen-bond donors (Lipinski definition) is 1. The van der Waals surface area contributed by atoms with E-state index in [2.05, 4.69) is 41.3 Å². The number of amides is 1. The molecule has 0 aliphatic rings. The average Bonchev–Trinajstić information content (AvgIpc) is 3.10. The first-order chi connectivity index (χ1) is 12.1. The summed E-state index contributed by atoms with van der Waals surface area (Å²) in [5.74, 6) is 1.69. The predicted molar refractivity (Wildman–Crippen MR) is 97.2 cm³/mol. The summed E-state index contributed by atoms with van der Waals surface area (Å²) in [5.41, 5.74) is 2.96. The van der Waals surface area contributed by atoms with Crippen molar-refractivity contribution in [2.24, 2.45) is 0 Å². The van der Waals surface area contributed by atoms with Crippen LogP contribution in [0.15, 0.2) is 59.4 Å². The summed E-state index contributed by atoms with van der Waals surface area (Å²) < 4.78 is 5.77. The Kier molecular flexibility index (Phi) is 5.23. The Labute approximate surface area is 147 Å². The lowest BCUT2D eigenvalue weighted by atomic mass is 10.0. The van der Waals surface area contributed by atoms with Crippen LogP contribution >= 0.6 is 0 Å². The van der Waals surface area contributed by atoms with Gasteiger partial charge < -0.3 is 9.73 Å². The summed E-state index contributed by atoms with van der Waals surface area (Å²) in [4.78, 5) is 20.2. The zero-order chi connectivity index (χ0) is 17.6.